The Morgan fingerprint density at radius 3 is 2.54 bits per heavy atom. The SMILES string of the molecule is Cc1nc(CC(=O)NC23CC(N4CCOCC4)(C2)C3)c(C2OCCO2)c(NCc2cccc(C(F)F)c2F)n1. The van der Waals surface area contributed by atoms with Gasteiger partial charge < -0.3 is 24.8 Å². The highest BCUT2D eigenvalue weighted by molar-refractivity contribution is 5.80. The van der Waals surface area contributed by atoms with Crippen molar-refractivity contribution >= 4 is 11.7 Å². The van der Waals surface area contributed by atoms with E-state index >= 15 is 0 Å². The minimum Gasteiger partial charge on any atom is -0.379 e. The van der Waals surface area contributed by atoms with E-state index in [2.05, 4.69) is 25.5 Å². The monoisotopic (exact) mass is 547 g/mol. The molecule has 2 aliphatic heterocycles. The maximum absolute atomic E-state index is 14.6. The predicted molar refractivity (Wildman–Crippen MR) is 134 cm³/mol. The molecule has 1 amide bonds. The van der Waals surface area contributed by atoms with Gasteiger partial charge in [0, 0.05) is 36.3 Å². The van der Waals surface area contributed by atoms with Crippen molar-refractivity contribution in [3.63, 3.8) is 0 Å². The Hall–Kier alpha value is -2.80. The standard InChI is InChI=1S/C27H32F3N5O4/c1-16-32-19(11-20(36)34-26-13-27(14-26,15-26)35-5-7-37-8-6-35)21(25-38-9-10-39-25)24(33-16)31-12-17-3-2-4-18(22(17)28)23(29)30/h2-4,23,25H,5-15H2,1H3,(H,34,36)(H,31,32,33). The number of anilines is 1. The number of morpholine rings is 1. The summed E-state index contributed by atoms with van der Waals surface area (Å²) < 4.78 is 57.9. The average molecular weight is 548 g/mol. The molecular formula is C27H32F3N5O4. The maximum Gasteiger partial charge on any atom is 0.266 e. The third-order valence-corrected chi connectivity index (χ3v) is 8.20. The van der Waals surface area contributed by atoms with Crippen LogP contribution in [-0.4, -0.2) is 71.4 Å². The number of alkyl halides is 2. The molecule has 0 radical (unpaired) electrons. The minimum atomic E-state index is -2.92. The fourth-order valence-electron chi connectivity index (χ4n) is 6.50. The summed E-state index contributed by atoms with van der Waals surface area (Å²) in [4.78, 5) is 24.7. The maximum atomic E-state index is 14.6. The van der Waals surface area contributed by atoms with Crippen LogP contribution in [0.5, 0.6) is 0 Å². The number of hydrogen-bond acceptors (Lipinski definition) is 8. The summed E-state index contributed by atoms with van der Waals surface area (Å²) in [7, 11) is 0. The third kappa shape index (κ3) is 4.99. The summed E-state index contributed by atoms with van der Waals surface area (Å²) in [6, 6.07) is 3.89. The lowest BCUT2D eigenvalue weighted by Crippen LogP contribution is -2.84. The lowest BCUT2D eigenvalue weighted by Gasteiger charge is -2.74. The van der Waals surface area contributed by atoms with Gasteiger partial charge in [-0.15, -0.1) is 0 Å². The zero-order valence-corrected chi connectivity index (χ0v) is 21.8. The number of carbonyl (C=O) groups is 1. The number of ether oxygens (including phenoxy) is 3. The summed E-state index contributed by atoms with van der Waals surface area (Å²) in [5.74, 6) is -0.394. The van der Waals surface area contributed by atoms with E-state index in [1.807, 2.05) is 0 Å². The van der Waals surface area contributed by atoms with Gasteiger partial charge in [-0.25, -0.2) is 23.1 Å². The topological polar surface area (TPSA) is 97.8 Å². The Morgan fingerprint density at radius 2 is 1.85 bits per heavy atom. The molecule has 2 aromatic rings. The van der Waals surface area contributed by atoms with Gasteiger partial charge in [0.2, 0.25) is 5.91 Å². The second kappa shape index (κ2) is 10.3. The van der Waals surface area contributed by atoms with Crippen molar-refractivity contribution in [1.82, 2.24) is 20.2 Å². The predicted octanol–water partition coefficient (Wildman–Crippen LogP) is 3.19. The molecule has 3 saturated carbocycles. The van der Waals surface area contributed by atoms with E-state index in [9.17, 15) is 18.0 Å². The molecule has 0 spiro atoms. The van der Waals surface area contributed by atoms with Gasteiger partial charge in [-0.2, -0.15) is 0 Å². The number of hydrogen-bond donors (Lipinski definition) is 2. The van der Waals surface area contributed by atoms with E-state index < -0.39 is 24.1 Å². The molecule has 3 heterocycles. The summed E-state index contributed by atoms with van der Waals surface area (Å²) in [5, 5.41) is 6.27. The molecule has 3 aliphatic carbocycles. The van der Waals surface area contributed by atoms with Crippen LogP contribution >= 0.6 is 0 Å². The number of amides is 1. The van der Waals surface area contributed by atoms with Crippen LogP contribution in [0.3, 0.4) is 0 Å². The molecule has 1 aromatic heterocycles. The van der Waals surface area contributed by atoms with Crippen LogP contribution in [-0.2, 0) is 32.0 Å². The van der Waals surface area contributed by atoms with Crippen molar-refractivity contribution in [2.45, 2.75) is 62.9 Å². The first kappa shape index (κ1) is 26.4. The zero-order chi connectivity index (χ0) is 27.2. The van der Waals surface area contributed by atoms with E-state index in [1.165, 1.54) is 12.1 Å². The highest BCUT2D eigenvalue weighted by Crippen LogP contribution is 2.63. The molecule has 2 bridgehead atoms. The Balaban J connectivity index is 1.17. The van der Waals surface area contributed by atoms with Crippen molar-refractivity contribution < 1.29 is 32.2 Å². The van der Waals surface area contributed by atoms with Crippen molar-refractivity contribution in [3.8, 4) is 0 Å². The molecule has 5 aliphatic rings. The first-order valence-corrected chi connectivity index (χ1v) is 13.3. The molecule has 39 heavy (non-hydrogen) atoms. The van der Waals surface area contributed by atoms with Crippen LogP contribution in [0.4, 0.5) is 19.0 Å². The lowest BCUT2D eigenvalue weighted by molar-refractivity contribution is -0.198. The number of aryl methyl sites for hydroxylation is 1. The Kier molecular flexibility index (Phi) is 6.98. The molecule has 5 fully saturated rings. The molecule has 210 valence electrons. The van der Waals surface area contributed by atoms with Crippen molar-refractivity contribution in [2.75, 3.05) is 44.8 Å². The van der Waals surface area contributed by atoms with Crippen molar-refractivity contribution in [2.24, 2.45) is 0 Å². The summed E-state index contributed by atoms with van der Waals surface area (Å²) in [6.07, 6.45) is -0.909. The largest absolute Gasteiger partial charge is 0.379 e. The summed E-state index contributed by atoms with van der Waals surface area (Å²) in [5.41, 5.74) is 0.337. The number of aromatic nitrogens is 2. The van der Waals surface area contributed by atoms with Crippen LogP contribution in [0, 0.1) is 12.7 Å². The van der Waals surface area contributed by atoms with Crippen LogP contribution < -0.4 is 10.6 Å². The number of nitrogens with zero attached hydrogens (tertiary/aromatic N) is 3. The van der Waals surface area contributed by atoms with Crippen molar-refractivity contribution in [1.29, 1.82) is 0 Å². The number of nitrogens with one attached hydrogen (secondary N) is 2. The molecule has 0 unspecified atom stereocenters. The van der Waals surface area contributed by atoms with Crippen molar-refractivity contribution in [3.05, 3.63) is 52.2 Å². The van der Waals surface area contributed by atoms with Gasteiger partial charge in [0.1, 0.15) is 17.5 Å². The lowest BCUT2D eigenvalue weighted by atomic mass is 9.43. The molecular weight excluding hydrogens is 515 g/mol. The fraction of sp³-hybridized carbons (Fsp3) is 0.593. The van der Waals surface area contributed by atoms with E-state index in [1.54, 1.807) is 6.92 Å². The molecule has 1 aromatic carbocycles. The molecule has 9 nitrogen and oxygen atoms in total. The van der Waals surface area contributed by atoms with E-state index in [0.717, 1.165) is 51.6 Å². The van der Waals surface area contributed by atoms with Crippen LogP contribution in [0.2, 0.25) is 0 Å². The Bertz CT molecular complexity index is 1230. The molecule has 12 heteroatoms. The first-order valence-electron chi connectivity index (χ1n) is 13.3. The van der Waals surface area contributed by atoms with Crippen LogP contribution in [0.25, 0.3) is 0 Å². The number of carbonyl (C=O) groups excluding carboxylic acids is 1. The zero-order valence-electron chi connectivity index (χ0n) is 21.8. The highest BCUT2D eigenvalue weighted by atomic mass is 19.3. The van der Waals surface area contributed by atoms with E-state index in [0.29, 0.717) is 36.1 Å². The van der Waals surface area contributed by atoms with Gasteiger partial charge >= 0.3 is 0 Å². The minimum absolute atomic E-state index is 0.00186. The Labute approximate surface area is 224 Å². The Morgan fingerprint density at radius 1 is 1.13 bits per heavy atom. The first-order chi connectivity index (χ1) is 18.8. The van der Waals surface area contributed by atoms with Gasteiger partial charge in [0.25, 0.3) is 6.43 Å². The van der Waals surface area contributed by atoms with E-state index in [-0.39, 0.29) is 35.5 Å². The normalized spacial score (nSPS) is 26.8. The van der Waals surface area contributed by atoms with E-state index in [4.69, 9.17) is 14.2 Å². The van der Waals surface area contributed by atoms with Gasteiger partial charge in [-0.05, 0) is 26.2 Å². The molecule has 2 saturated heterocycles. The molecule has 7 rings (SSSR count). The second-order valence-corrected chi connectivity index (χ2v) is 10.9. The van der Waals surface area contributed by atoms with Gasteiger partial charge in [0.05, 0.1) is 49.7 Å². The average Bonchev–Trinajstić information content (AvgIpc) is 3.39. The molecule has 0 atom stereocenters. The third-order valence-electron chi connectivity index (χ3n) is 8.20. The van der Waals surface area contributed by atoms with Gasteiger partial charge in [-0.1, -0.05) is 18.2 Å². The summed E-state index contributed by atoms with van der Waals surface area (Å²) >= 11 is 0. The van der Waals surface area contributed by atoms with Crippen LogP contribution in [0.1, 0.15) is 60.2 Å². The number of halogens is 3. The smallest absolute Gasteiger partial charge is 0.266 e. The van der Waals surface area contributed by atoms with Crippen LogP contribution in [0.15, 0.2) is 18.2 Å². The number of benzene rings is 1. The summed E-state index contributed by atoms with van der Waals surface area (Å²) in [6.45, 7) is 5.69. The molecule has 2 N–H and O–H groups in total. The quantitative estimate of drug-likeness (QED) is 0.494. The fourth-order valence-corrected chi connectivity index (χ4v) is 6.50. The van der Waals surface area contributed by atoms with Gasteiger partial charge in [0.15, 0.2) is 6.29 Å². The second-order valence-electron chi connectivity index (χ2n) is 10.9. The highest BCUT2D eigenvalue weighted by Gasteiger charge is 2.70. The van der Waals surface area contributed by atoms with Gasteiger partial charge in [-0.3, -0.25) is 9.69 Å². The number of rotatable bonds is 9.